The summed E-state index contributed by atoms with van der Waals surface area (Å²) in [5, 5.41) is 0. The lowest BCUT2D eigenvalue weighted by molar-refractivity contribution is -0.163. The highest BCUT2D eigenvalue weighted by Gasteiger charge is 2.31. The summed E-state index contributed by atoms with van der Waals surface area (Å²) in [7, 11) is 0. The minimum Gasteiger partial charge on any atom is -0.463 e. The molecule has 0 spiro atoms. The molecular formula is C22H22O5. The molecule has 0 aliphatic carbocycles. The van der Waals surface area contributed by atoms with E-state index in [2.05, 4.69) is 12.1 Å². The van der Waals surface area contributed by atoms with Crippen LogP contribution in [-0.2, 0) is 23.8 Å². The SMILES string of the molecule is CC(=O)OC[C@H]1O[C@H](c2ccc(-c3ccccc3)cc2)C=C[C@@H]1OC(C)=O. The smallest absolute Gasteiger partial charge is 0.303 e. The molecule has 5 heteroatoms. The van der Waals surface area contributed by atoms with Crippen LogP contribution in [0.5, 0.6) is 0 Å². The van der Waals surface area contributed by atoms with Gasteiger partial charge in [-0.05, 0) is 22.8 Å². The van der Waals surface area contributed by atoms with Crippen molar-refractivity contribution in [2.24, 2.45) is 0 Å². The quantitative estimate of drug-likeness (QED) is 0.594. The lowest BCUT2D eigenvalue weighted by atomic mass is 9.99. The maximum Gasteiger partial charge on any atom is 0.303 e. The molecule has 5 nitrogen and oxygen atoms in total. The minimum absolute atomic E-state index is 0.0240. The molecule has 0 amide bonds. The number of carbonyl (C=O) groups excluding carboxylic acids is 2. The molecule has 0 bridgehead atoms. The van der Waals surface area contributed by atoms with Gasteiger partial charge in [0.15, 0.2) is 0 Å². The van der Waals surface area contributed by atoms with Gasteiger partial charge in [0.05, 0.1) is 0 Å². The number of carbonyl (C=O) groups is 2. The van der Waals surface area contributed by atoms with Crippen LogP contribution in [0.2, 0.25) is 0 Å². The van der Waals surface area contributed by atoms with E-state index in [-0.39, 0.29) is 12.7 Å². The highest BCUT2D eigenvalue weighted by Crippen LogP contribution is 2.29. The van der Waals surface area contributed by atoms with Gasteiger partial charge in [-0.1, -0.05) is 60.7 Å². The summed E-state index contributed by atoms with van der Waals surface area (Å²) in [6.45, 7) is 2.70. The van der Waals surface area contributed by atoms with Gasteiger partial charge in [0.2, 0.25) is 0 Å². The van der Waals surface area contributed by atoms with Crippen LogP contribution in [0.3, 0.4) is 0 Å². The number of rotatable bonds is 5. The Labute approximate surface area is 158 Å². The summed E-state index contributed by atoms with van der Waals surface area (Å²) in [4.78, 5) is 22.4. The van der Waals surface area contributed by atoms with E-state index in [1.807, 2.05) is 48.5 Å². The Hall–Kier alpha value is -2.92. The van der Waals surface area contributed by atoms with Gasteiger partial charge >= 0.3 is 11.9 Å². The summed E-state index contributed by atoms with van der Waals surface area (Å²) in [6.07, 6.45) is 2.20. The van der Waals surface area contributed by atoms with Crippen LogP contribution in [0.1, 0.15) is 25.5 Å². The molecule has 3 atom stereocenters. The summed E-state index contributed by atoms with van der Waals surface area (Å²) >= 11 is 0. The number of ether oxygens (including phenoxy) is 3. The monoisotopic (exact) mass is 366 g/mol. The maximum atomic E-state index is 11.3. The van der Waals surface area contributed by atoms with Gasteiger partial charge in [-0.3, -0.25) is 9.59 Å². The zero-order chi connectivity index (χ0) is 19.2. The van der Waals surface area contributed by atoms with Crippen molar-refractivity contribution in [2.75, 3.05) is 6.61 Å². The van der Waals surface area contributed by atoms with Crippen molar-refractivity contribution in [3.8, 4) is 11.1 Å². The van der Waals surface area contributed by atoms with Crippen LogP contribution >= 0.6 is 0 Å². The van der Waals surface area contributed by atoms with Crippen molar-refractivity contribution in [3.05, 3.63) is 72.3 Å². The van der Waals surface area contributed by atoms with Gasteiger partial charge in [-0.25, -0.2) is 0 Å². The van der Waals surface area contributed by atoms with E-state index in [0.717, 1.165) is 16.7 Å². The molecule has 0 radical (unpaired) electrons. The van der Waals surface area contributed by atoms with E-state index < -0.39 is 24.1 Å². The largest absolute Gasteiger partial charge is 0.463 e. The first-order valence-electron chi connectivity index (χ1n) is 8.82. The predicted molar refractivity (Wildman–Crippen MR) is 101 cm³/mol. The summed E-state index contributed by atoms with van der Waals surface area (Å²) < 4.78 is 16.4. The number of benzene rings is 2. The first kappa shape index (κ1) is 18.9. The van der Waals surface area contributed by atoms with E-state index in [9.17, 15) is 9.59 Å². The molecule has 2 aromatic carbocycles. The van der Waals surface area contributed by atoms with Crippen LogP contribution in [0, 0.1) is 0 Å². The van der Waals surface area contributed by atoms with Crippen molar-refractivity contribution in [1.82, 2.24) is 0 Å². The third kappa shape index (κ3) is 5.05. The Morgan fingerprint density at radius 2 is 1.56 bits per heavy atom. The van der Waals surface area contributed by atoms with Crippen LogP contribution < -0.4 is 0 Å². The molecule has 27 heavy (non-hydrogen) atoms. The van der Waals surface area contributed by atoms with Crippen LogP contribution in [0.4, 0.5) is 0 Å². The Morgan fingerprint density at radius 1 is 0.889 bits per heavy atom. The highest BCUT2D eigenvalue weighted by atomic mass is 16.6. The van der Waals surface area contributed by atoms with Gasteiger partial charge in [-0.2, -0.15) is 0 Å². The lowest BCUT2D eigenvalue weighted by Crippen LogP contribution is -2.39. The molecular weight excluding hydrogens is 344 g/mol. The third-order valence-corrected chi connectivity index (χ3v) is 4.26. The minimum atomic E-state index is -0.582. The van der Waals surface area contributed by atoms with E-state index in [0.29, 0.717) is 0 Å². The third-order valence-electron chi connectivity index (χ3n) is 4.26. The topological polar surface area (TPSA) is 61.8 Å². The van der Waals surface area contributed by atoms with Crippen molar-refractivity contribution in [1.29, 1.82) is 0 Å². The van der Waals surface area contributed by atoms with Crippen LogP contribution in [0.25, 0.3) is 11.1 Å². The van der Waals surface area contributed by atoms with Gasteiger partial charge in [0.1, 0.15) is 24.9 Å². The molecule has 0 saturated heterocycles. The second-order valence-electron chi connectivity index (χ2n) is 6.34. The molecule has 0 unspecified atom stereocenters. The van der Waals surface area contributed by atoms with E-state index in [1.165, 1.54) is 13.8 Å². The Kier molecular flexibility index (Phi) is 6.04. The number of hydrogen-bond donors (Lipinski definition) is 0. The van der Waals surface area contributed by atoms with Gasteiger partial charge < -0.3 is 14.2 Å². The first-order valence-corrected chi connectivity index (χ1v) is 8.82. The molecule has 0 fully saturated rings. The van der Waals surface area contributed by atoms with Gasteiger partial charge in [-0.15, -0.1) is 0 Å². The summed E-state index contributed by atoms with van der Waals surface area (Å²) in [5.74, 6) is -0.815. The molecule has 0 saturated carbocycles. The average Bonchev–Trinajstić information content (AvgIpc) is 2.67. The molecule has 1 aliphatic heterocycles. The van der Waals surface area contributed by atoms with E-state index in [1.54, 1.807) is 6.08 Å². The highest BCUT2D eigenvalue weighted by molar-refractivity contribution is 5.67. The Morgan fingerprint density at radius 3 is 2.19 bits per heavy atom. The van der Waals surface area contributed by atoms with Crippen molar-refractivity contribution < 1.29 is 23.8 Å². The fourth-order valence-electron chi connectivity index (χ4n) is 2.97. The van der Waals surface area contributed by atoms with E-state index >= 15 is 0 Å². The Balaban J connectivity index is 1.75. The first-order chi connectivity index (χ1) is 13.0. The molecule has 0 aromatic heterocycles. The van der Waals surface area contributed by atoms with Crippen LogP contribution in [-0.4, -0.2) is 30.8 Å². The molecule has 2 aromatic rings. The van der Waals surface area contributed by atoms with Crippen LogP contribution in [0.15, 0.2) is 66.7 Å². The second kappa shape index (κ2) is 8.64. The van der Waals surface area contributed by atoms with E-state index in [4.69, 9.17) is 14.2 Å². The zero-order valence-electron chi connectivity index (χ0n) is 15.3. The lowest BCUT2D eigenvalue weighted by Gasteiger charge is -2.31. The second-order valence-corrected chi connectivity index (χ2v) is 6.34. The predicted octanol–water partition coefficient (Wildman–Crippen LogP) is 3.84. The molecule has 0 N–H and O–H groups in total. The summed E-state index contributed by atoms with van der Waals surface area (Å²) in [6, 6.07) is 18.2. The standard InChI is InChI=1S/C22H22O5/c1-15(23)25-14-22-21(26-16(2)24)13-12-20(27-22)19-10-8-18(9-11-19)17-6-4-3-5-7-17/h3-13,20-22H,14H2,1-2H3/t20-,21-,22+/m0/s1. The van der Waals surface area contributed by atoms with Crippen molar-refractivity contribution >= 4 is 11.9 Å². The average molecular weight is 366 g/mol. The summed E-state index contributed by atoms with van der Waals surface area (Å²) in [5.41, 5.74) is 3.24. The zero-order valence-corrected chi connectivity index (χ0v) is 15.3. The van der Waals surface area contributed by atoms with Crippen molar-refractivity contribution in [3.63, 3.8) is 0 Å². The fourth-order valence-corrected chi connectivity index (χ4v) is 2.97. The van der Waals surface area contributed by atoms with Gasteiger partial charge in [0.25, 0.3) is 0 Å². The normalized spacial score (nSPS) is 21.5. The van der Waals surface area contributed by atoms with Gasteiger partial charge in [0, 0.05) is 13.8 Å². The molecule has 1 aliphatic rings. The number of hydrogen-bond acceptors (Lipinski definition) is 5. The van der Waals surface area contributed by atoms with Crippen molar-refractivity contribution in [2.45, 2.75) is 32.2 Å². The number of esters is 2. The molecule has 1 heterocycles. The maximum absolute atomic E-state index is 11.3. The molecule has 3 rings (SSSR count). The molecule has 140 valence electrons. The fraction of sp³-hybridized carbons (Fsp3) is 0.273. The Bertz CT molecular complexity index is 810.